The maximum atomic E-state index is 14.8. The lowest BCUT2D eigenvalue weighted by Gasteiger charge is -2.43. The van der Waals surface area contributed by atoms with Crippen LogP contribution >= 0.6 is 0 Å². The van der Waals surface area contributed by atoms with Crippen LogP contribution in [0.15, 0.2) is 12.1 Å². The number of rotatable bonds is 9. The van der Waals surface area contributed by atoms with Crippen molar-refractivity contribution in [1.29, 1.82) is 0 Å². The Morgan fingerprint density at radius 2 is 0.900 bits per heavy atom. The summed E-state index contributed by atoms with van der Waals surface area (Å²) in [4.78, 5) is 22.2. The molecular weight excluding hydrogens is 615 g/mol. The highest BCUT2D eigenvalue weighted by Crippen LogP contribution is 2.65. The van der Waals surface area contributed by atoms with Crippen LogP contribution in [0.5, 0.6) is 11.5 Å². The lowest BCUT2D eigenvalue weighted by Crippen LogP contribution is -2.74. The summed E-state index contributed by atoms with van der Waals surface area (Å²) in [5, 5.41) is 0. The minimum atomic E-state index is -8.78. The van der Waals surface area contributed by atoms with Crippen LogP contribution in [0, 0.1) is 6.92 Å². The molecule has 0 spiro atoms. The lowest BCUT2D eigenvalue weighted by molar-refractivity contribution is -0.462. The van der Waals surface area contributed by atoms with E-state index in [4.69, 9.17) is 0 Å². The van der Waals surface area contributed by atoms with Crippen molar-refractivity contribution in [1.82, 2.24) is 0 Å². The first kappa shape index (κ1) is 35.0. The fraction of sp³-hybridized carbons (Fsp3) is 0.579. The van der Waals surface area contributed by atoms with Crippen LogP contribution < -0.4 is 9.47 Å². The van der Waals surface area contributed by atoms with Crippen molar-refractivity contribution in [3.63, 3.8) is 0 Å². The standard InChI is InChI=1S/C19H11F17O4/c1-6-4-9(39-7(2)37)5-10(40-8(3)38)11(6)12(20,21)13(22,23)14(24,25)15(26,27)16(28,29)17(30,31)18(32,33)19(34,35)36/h4-5H,1-3H3. The van der Waals surface area contributed by atoms with E-state index in [1.165, 1.54) is 0 Å². The van der Waals surface area contributed by atoms with Crippen LogP contribution in [0.1, 0.15) is 25.0 Å². The summed E-state index contributed by atoms with van der Waals surface area (Å²) in [5.41, 5.74) is -4.19. The molecule has 0 amide bonds. The molecule has 0 aliphatic heterocycles. The molecule has 0 saturated carbocycles. The monoisotopic (exact) mass is 626 g/mol. The van der Waals surface area contributed by atoms with Gasteiger partial charge in [0.05, 0.1) is 5.56 Å². The Labute approximate surface area is 210 Å². The van der Waals surface area contributed by atoms with Crippen LogP contribution in [0.25, 0.3) is 0 Å². The molecule has 0 N–H and O–H groups in total. The van der Waals surface area contributed by atoms with Gasteiger partial charge in [0.1, 0.15) is 11.5 Å². The summed E-state index contributed by atoms with van der Waals surface area (Å²) >= 11 is 0. The molecule has 4 nitrogen and oxygen atoms in total. The SMILES string of the molecule is CC(=O)Oc1cc(C)c(C(F)(F)C(F)(F)C(F)(F)C(F)(F)C(F)(F)C(F)(F)C(F)(F)C(F)(F)F)c(OC(C)=O)c1. The van der Waals surface area contributed by atoms with Crippen molar-refractivity contribution in [2.24, 2.45) is 0 Å². The van der Waals surface area contributed by atoms with Gasteiger partial charge in [-0.05, 0) is 18.6 Å². The Morgan fingerprint density at radius 3 is 1.25 bits per heavy atom. The Hall–Kier alpha value is -3.03. The number of ether oxygens (including phenoxy) is 2. The average Bonchev–Trinajstić information content (AvgIpc) is 2.70. The zero-order valence-corrected chi connectivity index (χ0v) is 19.2. The van der Waals surface area contributed by atoms with Gasteiger partial charge in [0.15, 0.2) is 0 Å². The number of benzene rings is 1. The van der Waals surface area contributed by atoms with E-state index < -0.39 is 82.2 Å². The fourth-order valence-electron chi connectivity index (χ4n) is 2.91. The van der Waals surface area contributed by atoms with Crippen LogP contribution in [0.3, 0.4) is 0 Å². The first-order valence-electron chi connectivity index (χ1n) is 9.59. The largest absolute Gasteiger partial charge is 0.460 e. The van der Waals surface area contributed by atoms with Crippen LogP contribution in [0.4, 0.5) is 74.6 Å². The minimum absolute atomic E-state index is 0.0575. The van der Waals surface area contributed by atoms with E-state index in [-0.39, 0.29) is 19.1 Å². The number of hydrogen-bond acceptors (Lipinski definition) is 4. The number of esters is 2. The van der Waals surface area contributed by atoms with E-state index in [2.05, 4.69) is 9.47 Å². The van der Waals surface area contributed by atoms with Crippen molar-refractivity contribution < 1.29 is 93.7 Å². The van der Waals surface area contributed by atoms with Crippen molar-refractivity contribution in [3.8, 4) is 11.5 Å². The third kappa shape index (κ3) is 4.99. The van der Waals surface area contributed by atoms with Gasteiger partial charge in [0, 0.05) is 19.9 Å². The zero-order chi connectivity index (χ0) is 32.3. The highest BCUT2D eigenvalue weighted by Gasteiger charge is 2.95. The Balaban J connectivity index is 3.96. The zero-order valence-electron chi connectivity index (χ0n) is 19.2. The molecule has 0 aliphatic rings. The normalized spacial score (nSPS) is 14.7. The average molecular weight is 626 g/mol. The third-order valence-electron chi connectivity index (χ3n) is 4.82. The number of carbonyl (C=O) groups excluding carboxylic acids is 2. The van der Waals surface area contributed by atoms with Crippen LogP contribution in [-0.4, -0.2) is 53.7 Å². The van der Waals surface area contributed by atoms with E-state index in [0.717, 1.165) is 0 Å². The molecule has 230 valence electrons. The Bertz CT molecular complexity index is 1150. The van der Waals surface area contributed by atoms with Crippen molar-refractivity contribution >= 4 is 11.9 Å². The van der Waals surface area contributed by atoms with Crippen LogP contribution in [0.2, 0.25) is 0 Å². The van der Waals surface area contributed by atoms with E-state index in [9.17, 15) is 84.2 Å². The van der Waals surface area contributed by atoms with Crippen LogP contribution in [-0.2, 0) is 15.5 Å². The molecular formula is C19H11F17O4. The van der Waals surface area contributed by atoms with Gasteiger partial charge in [0.2, 0.25) is 0 Å². The lowest BCUT2D eigenvalue weighted by atomic mass is 9.86. The number of carbonyl (C=O) groups is 2. The Kier molecular flexibility index (Phi) is 8.58. The predicted molar refractivity (Wildman–Crippen MR) is 93.4 cm³/mol. The summed E-state index contributed by atoms with van der Waals surface area (Å²) in [6.45, 7) is 1.29. The van der Waals surface area contributed by atoms with Gasteiger partial charge in [-0.15, -0.1) is 0 Å². The minimum Gasteiger partial charge on any atom is -0.427 e. The molecule has 1 rings (SSSR count). The quantitative estimate of drug-likeness (QED) is 0.164. The summed E-state index contributed by atoms with van der Waals surface area (Å²) in [7, 11) is 0. The molecule has 0 fully saturated rings. The van der Waals surface area contributed by atoms with Crippen molar-refractivity contribution in [2.45, 2.75) is 68.4 Å². The molecule has 0 bridgehead atoms. The summed E-state index contributed by atoms with van der Waals surface area (Å²) in [6, 6.07) is 0.0781. The fourth-order valence-corrected chi connectivity index (χ4v) is 2.91. The summed E-state index contributed by atoms with van der Waals surface area (Å²) in [6.07, 6.45) is -7.86. The maximum Gasteiger partial charge on any atom is 0.460 e. The molecule has 0 atom stereocenters. The third-order valence-corrected chi connectivity index (χ3v) is 4.82. The second kappa shape index (κ2) is 9.81. The van der Waals surface area contributed by atoms with E-state index >= 15 is 0 Å². The summed E-state index contributed by atoms with van der Waals surface area (Å²) in [5.74, 6) is -63.9. The molecule has 0 unspecified atom stereocenters. The number of alkyl halides is 17. The molecule has 0 heterocycles. The molecule has 21 heteroatoms. The molecule has 0 saturated heterocycles. The maximum absolute atomic E-state index is 14.8. The second-order valence-corrected chi connectivity index (χ2v) is 7.82. The molecule has 1 aromatic carbocycles. The van der Waals surface area contributed by atoms with Gasteiger partial charge in [-0.3, -0.25) is 9.59 Å². The Morgan fingerprint density at radius 1 is 0.550 bits per heavy atom. The van der Waals surface area contributed by atoms with Crippen molar-refractivity contribution in [3.05, 3.63) is 23.3 Å². The number of aryl methyl sites for hydroxylation is 1. The molecule has 1 aromatic rings. The van der Waals surface area contributed by atoms with Gasteiger partial charge in [-0.2, -0.15) is 74.6 Å². The first-order valence-corrected chi connectivity index (χ1v) is 9.59. The van der Waals surface area contributed by atoms with Gasteiger partial charge in [-0.25, -0.2) is 0 Å². The molecule has 0 aromatic heterocycles. The predicted octanol–water partition coefficient (Wildman–Crippen LogP) is 7.31. The van der Waals surface area contributed by atoms with Gasteiger partial charge < -0.3 is 9.47 Å². The van der Waals surface area contributed by atoms with E-state index in [1.807, 2.05) is 0 Å². The highest BCUT2D eigenvalue weighted by atomic mass is 19.4. The first-order chi connectivity index (χ1) is 17.4. The number of hydrogen-bond donors (Lipinski definition) is 0. The molecule has 0 aliphatic carbocycles. The second-order valence-electron chi connectivity index (χ2n) is 7.82. The van der Waals surface area contributed by atoms with Gasteiger partial charge in [0.25, 0.3) is 0 Å². The van der Waals surface area contributed by atoms with E-state index in [1.54, 1.807) is 0 Å². The summed E-state index contributed by atoms with van der Waals surface area (Å²) < 4.78 is 239. The van der Waals surface area contributed by atoms with E-state index in [0.29, 0.717) is 13.8 Å². The number of halogens is 17. The topological polar surface area (TPSA) is 52.6 Å². The molecule has 0 radical (unpaired) electrons. The molecule has 40 heavy (non-hydrogen) atoms. The van der Waals surface area contributed by atoms with Gasteiger partial charge >= 0.3 is 59.6 Å². The van der Waals surface area contributed by atoms with Crippen molar-refractivity contribution in [2.75, 3.05) is 0 Å². The smallest absolute Gasteiger partial charge is 0.427 e. The highest BCUT2D eigenvalue weighted by molar-refractivity contribution is 5.72. The van der Waals surface area contributed by atoms with Gasteiger partial charge in [-0.1, -0.05) is 0 Å².